The Morgan fingerprint density at radius 3 is 2.50 bits per heavy atom. The Labute approximate surface area is 160 Å². The standard InChI is InChI=1S/C17H29N5O3.ClH/c23-14(19-7-4-10-21-11-8-18-9-12-21)13-22-15(24)17(20-16(22)25)5-2-1-3-6-17;/h18H,1-13H2,(H,19,23)(H,20,25);1H. The van der Waals surface area contributed by atoms with Gasteiger partial charge in [0.1, 0.15) is 12.1 Å². The van der Waals surface area contributed by atoms with Gasteiger partial charge in [-0.1, -0.05) is 19.3 Å². The highest BCUT2D eigenvalue weighted by molar-refractivity contribution is 6.09. The largest absolute Gasteiger partial charge is 0.354 e. The van der Waals surface area contributed by atoms with E-state index in [2.05, 4.69) is 20.9 Å². The highest BCUT2D eigenvalue weighted by atomic mass is 35.5. The van der Waals surface area contributed by atoms with Gasteiger partial charge in [0.05, 0.1) is 0 Å². The van der Waals surface area contributed by atoms with Crippen LogP contribution in [-0.2, 0) is 9.59 Å². The van der Waals surface area contributed by atoms with Gasteiger partial charge in [0.25, 0.3) is 5.91 Å². The summed E-state index contributed by atoms with van der Waals surface area (Å²) in [6.07, 6.45) is 5.21. The maximum Gasteiger partial charge on any atom is 0.325 e. The van der Waals surface area contributed by atoms with E-state index in [0.717, 1.165) is 63.3 Å². The third-order valence-electron chi connectivity index (χ3n) is 5.44. The van der Waals surface area contributed by atoms with Gasteiger partial charge in [-0.05, 0) is 25.8 Å². The molecule has 148 valence electrons. The van der Waals surface area contributed by atoms with Gasteiger partial charge in [-0.25, -0.2) is 4.79 Å². The number of imide groups is 1. The molecule has 3 N–H and O–H groups in total. The summed E-state index contributed by atoms with van der Waals surface area (Å²) >= 11 is 0. The van der Waals surface area contributed by atoms with Crippen LogP contribution in [0.1, 0.15) is 38.5 Å². The third kappa shape index (κ3) is 4.86. The first kappa shape index (κ1) is 20.9. The van der Waals surface area contributed by atoms with E-state index in [9.17, 15) is 14.4 Å². The van der Waals surface area contributed by atoms with Crippen LogP contribution in [0.4, 0.5) is 4.79 Å². The monoisotopic (exact) mass is 387 g/mol. The fraction of sp³-hybridized carbons (Fsp3) is 0.824. The van der Waals surface area contributed by atoms with E-state index in [1.807, 2.05) is 0 Å². The molecule has 2 aliphatic heterocycles. The number of hydrogen-bond acceptors (Lipinski definition) is 5. The highest BCUT2D eigenvalue weighted by Crippen LogP contribution is 2.33. The Morgan fingerprint density at radius 2 is 1.81 bits per heavy atom. The van der Waals surface area contributed by atoms with Crippen LogP contribution in [0.2, 0.25) is 0 Å². The molecular weight excluding hydrogens is 358 g/mol. The number of nitrogens with zero attached hydrogens (tertiary/aromatic N) is 2. The first-order valence-electron chi connectivity index (χ1n) is 9.45. The molecule has 4 amide bonds. The number of piperazine rings is 1. The van der Waals surface area contributed by atoms with Crippen molar-refractivity contribution in [3.63, 3.8) is 0 Å². The third-order valence-corrected chi connectivity index (χ3v) is 5.44. The SMILES string of the molecule is Cl.O=C(CN1C(=O)NC2(CCCCC2)C1=O)NCCCN1CCNCC1. The van der Waals surface area contributed by atoms with Crippen LogP contribution in [0.15, 0.2) is 0 Å². The number of nitrogens with one attached hydrogen (secondary N) is 3. The summed E-state index contributed by atoms with van der Waals surface area (Å²) in [4.78, 5) is 40.3. The predicted molar refractivity (Wildman–Crippen MR) is 100 cm³/mol. The molecule has 0 unspecified atom stereocenters. The van der Waals surface area contributed by atoms with Crippen LogP contribution in [0.3, 0.4) is 0 Å². The summed E-state index contributed by atoms with van der Waals surface area (Å²) in [5.41, 5.74) is -0.752. The van der Waals surface area contributed by atoms with Crippen LogP contribution in [0.5, 0.6) is 0 Å². The van der Waals surface area contributed by atoms with Crippen molar-refractivity contribution in [2.24, 2.45) is 0 Å². The van der Waals surface area contributed by atoms with E-state index in [4.69, 9.17) is 0 Å². The van der Waals surface area contributed by atoms with Gasteiger partial charge in [0, 0.05) is 32.7 Å². The minimum Gasteiger partial charge on any atom is -0.354 e. The molecule has 8 nitrogen and oxygen atoms in total. The second-order valence-electron chi connectivity index (χ2n) is 7.26. The summed E-state index contributed by atoms with van der Waals surface area (Å²) in [6, 6.07) is -0.428. The van der Waals surface area contributed by atoms with E-state index in [-0.39, 0.29) is 30.8 Å². The lowest BCUT2D eigenvalue weighted by Gasteiger charge is -2.30. The molecule has 3 fully saturated rings. The second kappa shape index (κ2) is 9.53. The zero-order valence-corrected chi connectivity index (χ0v) is 16.0. The topological polar surface area (TPSA) is 93.8 Å². The van der Waals surface area contributed by atoms with Crippen LogP contribution < -0.4 is 16.0 Å². The zero-order valence-electron chi connectivity index (χ0n) is 15.2. The van der Waals surface area contributed by atoms with Crippen molar-refractivity contribution in [3.05, 3.63) is 0 Å². The minimum absolute atomic E-state index is 0. The van der Waals surface area contributed by atoms with Crippen molar-refractivity contribution >= 4 is 30.3 Å². The highest BCUT2D eigenvalue weighted by Gasteiger charge is 2.51. The number of amides is 4. The quantitative estimate of drug-likeness (QED) is 0.443. The van der Waals surface area contributed by atoms with Gasteiger partial charge in [-0.3, -0.25) is 14.5 Å². The molecule has 0 radical (unpaired) electrons. The van der Waals surface area contributed by atoms with Crippen molar-refractivity contribution in [1.82, 2.24) is 25.8 Å². The van der Waals surface area contributed by atoms with Crippen LogP contribution in [0, 0.1) is 0 Å². The first-order chi connectivity index (χ1) is 12.1. The lowest BCUT2D eigenvalue weighted by atomic mass is 9.82. The normalized spacial score (nSPS) is 22.8. The molecule has 2 heterocycles. The average Bonchev–Trinajstić information content (AvgIpc) is 2.84. The van der Waals surface area contributed by atoms with Gasteiger partial charge in [0.15, 0.2) is 0 Å². The number of urea groups is 1. The molecule has 2 saturated heterocycles. The second-order valence-corrected chi connectivity index (χ2v) is 7.26. The molecule has 0 bridgehead atoms. The van der Waals surface area contributed by atoms with Gasteiger partial charge >= 0.3 is 6.03 Å². The molecule has 9 heteroatoms. The molecule has 0 aromatic heterocycles. The molecule has 3 rings (SSSR count). The molecule has 1 spiro atoms. The maximum absolute atomic E-state index is 12.6. The van der Waals surface area contributed by atoms with Crippen LogP contribution in [0.25, 0.3) is 0 Å². The summed E-state index contributed by atoms with van der Waals surface area (Å²) in [6.45, 7) is 5.45. The lowest BCUT2D eigenvalue weighted by Crippen LogP contribution is -2.49. The van der Waals surface area contributed by atoms with Crippen molar-refractivity contribution < 1.29 is 14.4 Å². The van der Waals surface area contributed by atoms with E-state index >= 15 is 0 Å². The van der Waals surface area contributed by atoms with E-state index in [1.54, 1.807) is 0 Å². The van der Waals surface area contributed by atoms with Crippen LogP contribution in [-0.4, -0.2) is 79.0 Å². The Hall–Kier alpha value is -1.38. The molecule has 3 aliphatic rings. The minimum atomic E-state index is -0.752. The average molecular weight is 388 g/mol. The maximum atomic E-state index is 12.6. The fourth-order valence-electron chi connectivity index (χ4n) is 3.98. The Bertz CT molecular complexity index is 519. The van der Waals surface area contributed by atoms with Gasteiger partial charge in [-0.2, -0.15) is 0 Å². The smallest absolute Gasteiger partial charge is 0.325 e. The molecule has 0 aromatic carbocycles. The zero-order chi connectivity index (χ0) is 17.7. The van der Waals surface area contributed by atoms with Gasteiger partial charge in [0.2, 0.25) is 5.91 Å². The Kier molecular flexibility index (Phi) is 7.67. The predicted octanol–water partition coefficient (Wildman–Crippen LogP) is 0.0744. The molecule has 1 saturated carbocycles. The number of hydrogen-bond donors (Lipinski definition) is 3. The Morgan fingerprint density at radius 1 is 1.12 bits per heavy atom. The summed E-state index contributed by atoms with van der Waals surface area (Å²) < 4.78 is 0. The molecule has 0 atom stereocenters. The molecule has 1 aliphatic carbocycles. The van der Waals surface area contributed by atoms with E-state index in [0.29, 0.717) is 19.4 Å². The fourth-order valence-corrected chi connectivity index (χ4v) is 3.98. The number of carbonyl (C=O) groups is 3. The van der Waals surface area contributed by atoms with Crippen molar-refractivity contribution in [3.8, 4) is 0 Å². The van der Waals surface area contributed by atoms with Crippen molar-refractivity contribution in [2.45, 2.75) is 44.1 Å². The van der Waals surface area contributed by atoms with Crippen LogP contribution >= 0.6 is 12.4 Å². The summed E-state index contributed by atoms with van der Waals surface area (Å²) in [5, 5.41) is 8.97. The van der Waals surface area contributed by atoms with Crippen molar-refractivity contribution in [2.75, 3.05) is 45.8 Å². The Balaban J connectivity index is 0.00000243. The number of rotatable bonds is 6. The first-order valence-corrected chi connectivity index (χ1v) is 9.45. The lowest BCUT2D eigenvalue weighted by molar-refractivity contribution is -0.135. The summed E-state index contributed by atoms with van der Waals surface area (Å²) in [5.74, 6) is -0.496. The van der Waals surface area contributed by atoms with Gasteiger partial charge in [-0.15, -0.1) is 12.4 Å². The van der Waals surface area contributed by atoms with Crippen molar-refractivity contribution in [1.29, 1.82) is 0 Å². The molecular formula is C17H30ClN5O3. The number of halogens is 1. The van der Waals surface area contributed by atoms with Gasteiger partial charge < -0.3 is 20.9 Å². The summed E-state index contributed by atoms with van der Waals surface area (Å²) in [7, 11) is 0. The molecule has 26 heavy (non-hydrogen) atoms. The van der Waals surface area contributed by atoms with E-state index in [1.165, 1.54) is 0 Å². The molecule has 0 aromatic rings. The number of carbonyl (C=O) groups excluding carboxylic acids is 3. The van der Waals surface area contributed by atoms with E-state index < -0.39 is 11.6 Å².